The lowest BCUT2D eigenvalue weighted by molar-refractivity contribution is -0.117. The molecule has 1 aromatic rings. The van der Waals surface area contributed by atoms with Gasteiger partial charge in [-0.3, -0.25) is 9.59 Å². The lowest BCUT2D eigenvalue weighted by atomic mass is 9.93. The van der Waals surface area contributed by atoms with Crippen molar-refractivity contribution in [3.63, 3.8) is 0 Å². The Bertz CT molecular complexity index is 546. The number of rotatable bonds is 6. The third-order valence-corrected chi connectivity index (χ3v) is 4.62. The van der Waals surface area contributed by atoms with E-state index in [0.29, 0.717) is 12.3 Å². The second kappa shape index (κ2) is 7.59. The van der Waals surface area contributed by atoms with Crippen LogP contribution in [-0.2, 0) is 9.59 Å². The molecule has 1 heterocycles. The molecule has 0 spiro atoms. The van der Waals surface area contributed by atoms with Gasteiger partial charge in [-0.15, -0.1) is 0 Å². The van der Waals surface area contributed by atoms with Gasteiger partial charge in [-0.05, 0) is 75.4 Å². The van der Waals surface area contributed by atoms with Crippen LogP contribution in [0, 0.1) is 11.8 Å². The minimum absolute atomic E-state index is 0.0679. The molecule has 1 saturated heterocycles. The molecular weight excluding hydrogens is 290 g/mol. The third kappa shape index (κ3) is 5.06. The largest absolute Gasteiger partial charge is 0.326 e. The van der Waals surface area contributed by atoms with Gasteiger partial charge < -0.3 is 16.0 Å². The number of hydrogen-bond donors (Lipinski definition) is 3. The molecule has 3 N–H and O–H groups in total. The smallest absolute Gasteiger partial charge is 0.227 e. The molecule has 23 heavy (non-hydrogen) atoms. The van der Waals surface area contributed by atoms with Crippen LogP contribution in [0.15, 0.2) is 24.3 Å². The minimum atomic E-state index is 0.0679. The van der Waals surface area contributed by atoms with E-state index in [4.69, 9.17) is 0 Å². The normalized spacial score (nSPS) is 18.4. The number of amides is 2. The number of carbonyl (C=O) groups excluding carboxylic acids is 2. The Balaban J connectivity index is 1.41. The first-order valence-corrected chi connectivity index (χ1v) is 8.62. The predicted molar refractivity (Wildman–Crippen MR) is 91.3 cm³/mol. The van der Waals surface area contributed by atoms with E-state index in [2.05, 4.69) is 16.0 Å². The van der Waals surface area contributed by atoms with Gasteiger partial charge in [0.15, 0.2) is 0 Å². The maximum Gasteiger partial charge on any atom is 0.227 e. The fourth-order valence-corrected chi connectivity index (χ4v) is 2.96. The van der Waals surface area contributed by atoms with Crippen molar-refractivity contribution in [1.82, 2.24) is 5.32 Å². The van der Waals surface area contributed by atoms with Crippen LogP contribution in [0.25, 0.3) is 0 Å². The molecule has 0 bridgehead atoms. The number of benzene rings is 1. The zero-order valence-corrected chi connectivity index (χ0v) is 13.4. The molecule has 1 aliphatic heterocycles. The van der Waals surface area contributed by atoms with Crippen LogP contribution >= 0.6 is 0 Å². The Labute approximate surface area is 137 Å². The summed E-state index contributed by atoms with van der Waals surface area (Å²) < 4.78 is 0. The van der Waals surface area contributed by atoms with Gasteiger partial charge in [-0.25, -0.2) is 0 Å². The van der Waals surface area contributed by atoms with Gasteiger partial charge in [0.2, 0.25) is 11.8 Å². The maximum absolute atomic E-state index is 12.0. The van der Waals surface area contributed by atoms with Crippen LogP contribution in [-0.4, -0.2) is 24.9 Å². The van der Waals surface area contributed by atoms with E-state index in [1.54, 1.807) is 0 Å². The summed E-state index contributed by atoms with van der Waals surface area (Å²) in [4.78, 5) is 23.7. The summed E-state index contributed by atoms with van der Waals surface area (Å²) >= 11 is 0. The van der Waals surface area contributed by atoms with E-state index < -0.39 is 0 Å². The fourth-order valence-electron chi connectivity index (χ4n) is 2.96. The average Bonchev–Trinajstić information content (AvgIpc) is 3.41. The highest BCUT2D eigenvalue weighted by Crippen LogP contribution is 2.30. The van der Waals surface area contributed by atoms with E-state index in [0.717, 1.165) is 43.7 Å². The van der Waals surface area contributed by atoms with Gasteiger partial charge in [-0.1, -0.05) is 0 Å². The van der Waals surface area contributed by atoms with E-state index in [9.17, 15) is 9.59 Å². The number of anilines is 2. The Morgan fingerprint density at radius 2 is 1.57 bits per heavy atom. The van der Waals surface area contributed by atoms with Gasteiger partial charge in [-0.2, -0.15) is 0 Å². The molecule has 2 amide bonds. The number of hydrogen-bond acceptors (Lipinski definition) is 3. The lowest BCUT2D eigenvalue weighted by Crippen LogP contribution is -2.28. The van der Waals surface area contributed by atoms with Gasteiger partial charge in [0.1, 0.15) is 0 Å². The molecule has 0 atom stereocenters. The van der Waals surface area contributed by atoms with Gasteiger partial charge in [0.25, 0.3) is 0 Å². The lowest BCUT2D eigenvalue weighted by Gasteiger charge is -2.22. The molecule has 3 rings (SSSR count). The number of nitrogens with one attached hydrogen (secondary N) is 3. The Morgan fingerprint density at radius 3 is 2.17 bits per heavy atom. The summed E-state index contributed by atoms with van der Waals surface area (Å²) in [6.45, 7) is 2.14. The first-order chi connectivity index (χ1) is 11.2. The minimum Gasteiger partial charge on any atom is -0.326 e. The van der Waals surface area contributed by atoms with Crippen LogP contribution in [0.4, 0.5) is 11.4 Å². The zero-order valence-electron chi connectivity index (χ0n) is 13.4. The van der Waals surface area contributed by atoms with Crippen molar-refractivity contribution in [2.24, 2.45) is 11.8 Å². The highest BCUT2D eigenvalue weighted by atomic mass is 16.2. The highest BCUT2D eigenvalue weighted by Gasteiger charge is 2.29. The molecule has 0 aromatic heterocycles. The molecule has 2 fully saturated rings. The Kier molecular flexibility index (Phi) is 5.28. The summed E-state index contributed by atoms with van der Waals surface area (Å²) in [6, 6.07) is 7.35. The first kappa shape index (κ1) is 16.0. The van der Waals surface area contributed by atoms with Crippen LogP contribution in [0.5, 0.6) is 0 Å². The van der Waals surface area contributed by atoms with Crippen molar-refractivity contribution >= 4 is 23.2 Å². The van der Waals surface area contributed by atoms with E-state index in [-0.39, 0.29) is 17.7 Å². The summed E-state index contributed by atoms with van der Waals surface area (Å²) in [5.41, 5.74) is 1.57. The highest BCUT2D eigenvalue weighted by molar-refractivity contribution is 5.95. The molecular formula is C18H25N3O2. The fraction of sp³-hybridized carbons (Fsp3) is 0.556. The second-order valence-electron chi connectivity index (χ2n) is 6.62. The molecule has 0 radical (unpaired) electrons. The Hall–Kier alpha value is -1.88. The standard InChI is InChI=1S/C18H25N3O2/c22-17(8-1-13-9-11-19-12-10-13)20-15-4-6-16(7-5-15)21-18(23)14-2-3-14/h4-7,13-14,19H,1-3,8-12H2,(H,20,22)(H,21,23). The summed E-state index contributed by atoms with van der Waals surface area (Å²) in [6.07, 6.45) is 5.87. The first-order valence-electron chi connectivity index (χ1n) is 8.62. The van der Waals surface area contributed by atoms with E-state index in [1.807, 2.05) is 24.3 Å². The quantitative estimate of drug-likeness (QED) is 0.756. The molecule has 0 unspecified atom stereocenters. The topological polar surface area (TPSA) is 70.2 Å². The van der Waals surface area contributed by atoms with Crippen molar-refractivity contribution < 1.29 is 9.59 Å². The van der Waals surface area contributed by atoms with Crippen LogP contribution in [0.3, 0.4) is 0 Å². The van der Waals surface area contributed by atoms with E-state index in [1.165, 1.54) is 12.8 Å². The summed E-state index contributed by atoms with van der Waals surface area (Å²) in [5, 5.41) is 9.17. The van der Waals surface area contributed by atoms with Crippen molar-refractivity contribution in [2.75, 3.05) is 23.7 Å². The second-order valence-corrected chi connectivity index (χ2v) is 6.62. The predicted octanol–water partition coefficient (Wildman–Crippen LogP) is 2.75. The van der Waals surface area contributed by atoms with Crippen molar-refractivity contribution in [1.29, 1.82) is 0 Å². The van der Waals surface area contributed by atoms with Crippen molar-refractivity contribution in [3.8, 4) is 0 Å². The molecule has 2 aliphatic rings. The van der Waals surface area contributed by atoms with Gasteiger partial charge in [0, 0.05) is 23.7 Å². The monoisotopic (exact) mass is 315 g/mol. The van der Waals surface area contributed by atoms with Crippen molar-refractivity contribution in [2.45, 2.75) is 38.5 Å². The Morgan fingerprint density at radius 1 is 0.957 bits per heavy atom. The molecule has 1 saturated carbocycles. The molecule has 5 nitrogen and oxygen atoms in total. The van der Waals surface area contributed by atoms with Crippen LogP contribution < -0.4 is 16.0 Å². The molecule has 5 heteroatoms. The summed E-state index contributed by atoms with van der Waals surface area (Å²) in [7, 11) is 0. The van der Waals surface area contributed by atoms with Crippen LogP contribution in [0.2, 0.25) is 0 Å². The van der Waals surface area contributed by atoms with E-state index >= 15 is 0 Å². The third-order valence-electron chi connectivity index (χ3n) is 4.62. The van der Waals surface area contributed by atoms with Gasteiger partial charge >= 0.3 is 0 Å². The summed E-state index contributed by atoms with van der Waals surface area (Å²) in [5.74, 6) is 1.04. The molecule has 1 aliphatic carbocycles. The number of carbonyl (C=O) groups is 2. The average molecular weight is 315 g/mol. The van der Waals surface area contributed by atoms with Crippen molar-refractivity contribution in [3.05, 3.63) is 24.3 Å². The molecule has 124 valence electrons. The maximum atomic E-state index is 12.0. The number of piperidine rings is 1. The van der Waals surface area contributed by atoms with Gasteiger partial charge in [0.05, 0.1) is 0 Å². The van der Waals surface area contributed by atoms with Crippen LogP contribution in [0.1, 0.15) is 38.5 Å². The molecule has 1 aromatic carbocycles. The zero-order chi connectivity index (χ0) is 16.1. The SMILES string of the molecule is O=C(CCC1CCNCC1)Nc1ccc(NC(=O)C2CC2)cc1.